The molecule has 0 saturated carbocycles. The first-order chi connectivity index (χ1) is 12.0. The summed E-state index contributed by atoms with van der Waals surface area (Å²) in [5.74, 6) is 1.13. The summed E-state index contributed by atoms with van der Waals surface area (Å²) in [5.41, 5.74) is 9.68. The molecule has 0 aromatic heterocycles. The van der Waals surface area contributed by atoms with Crippen molar-refractivity contribution >= 4 is 11.6 Å². The number of nitrogens with one attached hydrogen (secondary N) is 1. The van der Waals surface area contributed by atoms with Crippen LogP contribution in [0.5, 0.6) is 0 Å². The molecule has 1 fully saturated rings. The number of anilines is 1. The van der Waals surface area contributed by atoms with Crippen LogP contribution in [0.2, 0.25) is 0 Å². The van der Waals surface area contributed by atoms with Gasteiger partial charge >= 0.3 is 0 Å². The van der Waals surface area contributed by atoms with Gasteiger partial charge in [0, 0.05) is 24.8 Å². The van der Waals surface area contributed by atoms with Gasteiger partial charge in [0.1, 0.15) is 0 Å². The Bertz CT molecular complexity index is 563. The summed E-state index contributed by atoms with van der Waals surface area (Å²) in [6.45, 7) is 13.1. The van der Waals surface area contributed by atoms with E-state index in [9.17, 15) is 0 Å². The molecular formula is C20H34N4O. The summed E-state index contributed by atoms with van der Waals surface area (Å²) < 4.78 is 5.51. The van der Waals surface area contributed by atoms with Crippen molar-refractivity contribution in [1.82, 2.24) is 4.90 Å². The van der Waals surface area contributed by atoms with E-state index in [-0.39, 0.29) is 0 Å². The largest absolute Gasteiger partial charge is 0.379 e. The van der Waals surface area contributed by atoms with Crippen molar-refractivity contribution in [2.45, 2.75) is 46.6 Å². The Hall–Kier alpha value is -1.59. The van der Waals surface area contributed by atoms with E-state index in [1.165, 1.54) is 24.0 Å². The molecule has 3 N–H and O–H groups in total. The summed E-state index contributed by atoms with van der Waals surface area (Å²) in [4.78, 5) is 7.19. The van der Waals surface area contributed by atoms with E-state index in [0.717, 1.165) is 38.5 Å². The highest BCUT2D eigenvalue weighted by Gasteiger charge is 2.26. The van der Waals surface area contributed by atoms with Crippen LogP contribution in [0.1, 0.15) is 37.8 Å². The monoisotopic (exact) mass is 346 g/mol. The lowest BCUT2D eigenvalue weighted by Crippen LogP contribution is -2.48. The normalized spacial score (nSPS) is 17.7. The van der Waals surface area contributed by atoms with Crippen LogP contribution in [0, 0.1) is 19.8 Å². The van der Waals surface area contributed by atoms with Crippen LogP contribution in [0.25, 0.3) is 0 Å². The molecule has 1 aliphatic rings. The smallest absolute Gasteiger partial charge is 0.193 e. The number of aliphatic imine (C=N–C) groups is 1. The molecule has 1 atom stereocenters. The third kappa shape index (κ3) is 5.72. The van der Waals surface area contributed by atoms with Gasteiger partial charge in [-0.3, -0.25) is 9.89 Å². The number of nitrogens with two attached hydrogens (primary N) is 1. The van der Waals surface area contributed by atoms with E-state index in [0.29, 0.717) is 17.9 Å². The van der Waals surface area contributed by atoms with Crippen LogP contribution in [0.3, 0.4) is 0 Å². The van der Waals surface area contributed by atoms with Gasteiger partial charge in [-0.1, -0.05) is 32.8 Å². The van der Waals surface area contributed by atoms with Gasteiger partial charge in [0.25, 0.3) is 0 Å². The van der Waals surface area contributed by atoms with Gasteiger partial charge < -0.3 is 15.8 Å². The first-order valence-corrected chi connectivity index (χ1v) is 9.51. The lowest BCUT2D eigenvalue weighted by atomic mass is 9.92. The first kappa shape index (κ1) is 19.7. The van der Waals surface area contributed by atoms with Gasteiger partial charge in [-0.15, -0.1) is 0 Å². The Balaban J connectivity index is 2.03. The van der Waals surface area contributed by atoms with Crippen molar-refractivity contribution in [2.24, 2.45) is 16.6 Å². The third-order valence-corrected chi connectivity index (χ3v) is 5.34. The summed E-state index contributed by atoms with van der Waals surface area (Å²) in [5, 5.41) is 3.23. The Morgan fingerprint density at radius 1 is 1.20 bits per heavy atom. The topological polar surface area (TPSA) is 62.9 Å². The zero-order valence-corrected chi connectivity index (χ0v) is 16.2. The van der Waals surface area contributed by atoms with Crippen LogP contribution in [-0.4, -0.2) is 49.7 Å². The summed E-state index contributed by atoms with van der Waals surface area (Å²) in [7, 11) is 0. The lowest BCUT2D eigenvalue weighted by Gasteiger charge is -2.38. The van der Waals surface area contributed by atoms with E-state index in [2.05, 4.69) is 55.0 Å². The summed E-state index contributed by atoms with van der Waals surface area (Å²) in [6.07, 6.45) is 2.33. The van der Waals surface area contributed by atoms with Gasteiger partial charge in [0.15, 0.2) is 5.96 Å². The quantitative estimate of drug-likeness (QED) is 0.588. The number of hydrogen-bond donors (Lipinski definition) is 2. The number of aryl methyl sites for hydroxylation is 2. The number of benzene rings is 1. The maximum absolute atomic E-state index is 6.15. The SMILES string of the molecule is CCC(CC)C(CN=C(N)Nc1ccc(C)c(C)c1)N1CCOCC1. The Morgan fingerprint density at radius 3 is 2.48 bits per heavy atom. The van der Waals surface area contributed by atoms with Crippen molar-refractivity contribution in [3.05, 3.63) is 29.3 Å². The van der Waals surface area contributed by atoms with Crippen LogP contribution in [-0.2, 0) is 4.74 Å². The number of rotatable bonds is 7. The molecule has 1 aliphatic heterocycles. The number of hydrogen-bond acceptors (Lipinski definition) is 3. The van der Waals surface area contributed by atoms with E-state index >= 15 is 0 Å². The van der Waals surface area contributed by atoms with Gasteiger partial charge in [-0.25, -0.2) is 0 Å². The fourth-order valence-electron chi connectivity index (χ4n) is 3.50. The van der Waals surface area contributed by atoms with Crippen molar-refractivity contribution in [2.75, 3.05) is 38.2 Å². The average molecular weight is 347 g/mol. The molecule has 1 saturated heterocycles. The number of guanidine groups is 1. The third-order valence-electron chi connectivity index (χ3n) is 5.34. The van der Waals surface area contributed by atoms with Crippen LogP contribution < -0.4 is 11.1 Å². The molecule has 25 heavy (non-hydrogen) atoms. The van der Waals surface area contributed by atoms with Gasteiger partial charge in [-0.2, -0.15) is 0 Å². The molecule has 0 bridgehead atoms. The second-order valence-electron chi connectivity index (χ2n) is 6.94. The van der Waals surface area contributed by atoms with Crippen LogP contribution >= 0.6 is 0 Å². The number of ether oxygens (including phenoxy) is 1. The molecule has 1 heterocycles. The average Bonchev–Trinajstić information content (AvgIpc) is 2.62. The molecule has 1 unspecified atom stereocenters. The molecule has 0 spiro atoms. The van der Waals surface area contributed by atoms with E-state index in [1.54, 1.807) is 0 Å². The zero-order valence-electron chi connectivity index (χ0n) is 16.2. The summed E-state index contributed by atoms with van der Waals surface area (Å²) in [6, 6.07) is 6.69. The highest BCUT2D eigenvalue weighted by Crippen LogP contribution is 2.20. The van der Waals surface area contributed by atoms with Crippen molar-refractivity contribution in [1.29, 1.82) is 0 Å². The van der Waals surface area contributed by atoms with E-state index in [1.807, 2.05) is 6.07 Å². The minimum atomic E-state index is 0.430. The molecule has 0 aliphatic carbocycles. The first-order valence-electron chi connectivity index (χ1n) is 9.51. The Labute approximate surface area is 152 Å². The standard InChI is InChI=1S/C20H34N4O/c1-5-17(6-2)19(24-9-11-25-12-10-24)14-22-20(21)23-18-8-7-15(3)16(4)13-18/h7-8,13,17,19H,5-6,9-12,14H2,1-4H3,(H3,21,22,23). The minimum absolute atomic E-state index is 0.430. The Morgan fingerprint density at radius 2 is 1.88 bits per heavy atom. The number of morpholine rings is 1. The summed E-state index contributed by atoms with van der Waals surface area (Å²) >= 11 is 0. The van der Waals surface area contributed by atoms with Crippen LogP contribution in [0.15, 0.2) is 23.2 Å². The molecule has 140 valence electrons. The second-order valence-corrected chi connectivity index (χ2v) is 6.94. The fraction of sp³-hybridized carbons (Fsp3) is 0.650. The molecule has 2 rings (SSSR count). The highest BCUT2D eigenvalue weighted by atomic mass is 16.5. The maximum atomic E-state index is 6.15. The van der Waals surface area contributed by atoms with Crippen molar-refractivity contribution in [3.63, 3.8) is 0 Å². The fourth-order valence-corrected chi connectivity index (χ4v) is 3.50. The number of nitrogens with zero attached hydrogens (tertiary/aromatic N) is 2. The van der Waals surface area contributed by atoms with E-state index in [4.69, 9.17) is 10.5 Å². The Kier molecular flexibility index (Phi) is 7.72. The van der Waals surface area contributed by atoms with Gasteiger partial charge in [0.05, 0.1) is 19.8 Å². The molecule has 1 aromatic rings. The molecule has 1 aromatic carbocycles. The predicted octanol–water partition coefficient (Wildman–Crippen LogP) is 3.17. The second kappa shape index (κ2) is 9.78. The van der Waals surface area contributed by atoms with Gasteiger partial charge in [0.2, 0.25) is 0 Å². The highest BCUT2D eigenvalue weighted by molar-refractivity contribution is 5.92. The molecule has 5 heteroatoms. The molecular weight excluding hydrogens is 312 g/mol. The van der Waals surface area contributed by atoms with Crippen molar-refractivity contribution < 1.29 is 4.74 Å². The van der Waals surface area contributed by atoms with E-state index < -0.39 is 0 Å². The van der Waals surface area contributed by atoms with Crippen LogP contribution in [0.4, 0.5) is 5.69 Å². The molecule has 5 nitrogen and oxygen atoms in total. The zero-order chi connectivity index (χ0) is 18.2. The molecule has 0 amide bonds. The van der Waals surface area contributed by atoms with Gasteiger partial charge in [-0.05, 0) is 43.0 Å². The molecule has 0 radical (unpaired) electrons. The minimum Gasteiger partial charge on any atom is -0.379 e. The predicted molar refractivity (Wildman–Crippen MR) is 106 cm³/mol. The maximum Gasteiger partial charge on any atom is 0.193 e. The lowest BCUT2D eigenvalue weighted by molar-refractivity contribution is 0.00398. The van der Waals surface area contributed by atoms with Crippen molar-refractivity contribution in [3.8, 4) is 0 Å².